The highest BCUT2D eigenvalue weighted by Gasteiger charge is 2.37. The Labute approximate surface area is 99.4 Å². The molecule has 3 heteroatoms. The normalized spacial score (nSPS) is 20.6. The van der Waals surface area contributed by atoms with Crippen molar-refractivity contribution in [1.82, 2.24) is 4.90 Å². The molecule has 0 aliphatic heterocycles. The summed E-state index contributed by atoms with van der Waals surface area (Å²) in [5.41, 5.74) is 5.78. The summed E-state index contributed by atoms with van der Waals surface area (Å²) in [6.07, 6.45) is 5.09. The molecule has 1 aliphatic carbocycles. The van der Waals surface area contributed by atoms with Crippen LogP contribution in [0, 0.1) is 5.41 Å². The van der Waals surface area contributed by atoms with Gasteiger partial charge in [0.05, 0.1) is 5.54 Å². The van der Waals surface area contributed by atoms with Gasteiger partial charge in [0.1, 0.15) is 0 Å². The van der Waals surface area contributed by atoms with Crippen LogP contribution < -0.4 is 5.73 Å². The van der Waals surface area contributed by atoms with E-state index in [1.54, 1.807) is 0 Å². The molecule has 0 unspecified atom stereocenters. The quantitative estimate of drug-likeness (QED) is 0.784. The Morgan fingerprint density at radius 1 is 1.25 bits per heavy atom. The first-order valence-electron chi connectivity index (χ1n) is 6.29. The summed E-state index contributed by atoms with van der Waals surface area (Å²) in [7, 11) is 1.87. The maximum Gasteiger partial charge on any atom is 0.242 e. The molecule has 3 nitrogen and oxygen atoms in total. The zero-order valence-corrected chi connectivity index (χ0v) is 11.2. The van der Waals surface area contributed by atoms with Crippen LogP contribution in [0.3, 0.4) is 0 Å². The van der Waals surface area contributed by atoms with Gasteiger partial charge in [0.2, 0.25) is 5.91 Å². The van der Waals surface area contributed by atoms with E-state index in [-0.39, 0.29) is 11.3 Å². The molecule has 0 aromatic heterocycles. The van der Waals surface area contributed by atoms with Gasteiger partial charge in [-0.3, -0.25) is 4.79 Å². The summed E-state index contributed by atoms with van der Waals surface area (Å²) in [5, 5.41) is 0. The van der Waals surface area contributed by atoms with Crippen LogP contribution in [-0.4, -0.2) is 29.9 Å². The number of likely N-dealkylation sites (N-methyl/N-ethyl adjacent to an activating group) is 1. The Hall–Kier alpha value is -0.570. The van der Waals surface area contributed by atoms with E-state index >= 15 is 0 Å². The first-order chi connectivity index (χ1) is 7.25. The van der Waals surface area contributed by atoms with Gasteiger partial charge in [0, 0.05) is 13.6 Å². The number of carbonyl (C=O) groups is 1. The number of carbonyl (C=O) groups excluding carboxylic acids is 1. The number of hydrogen-bond acceptors (Lipinski definition) is 2. The van der Waals surface area contributed by atoms with Crippen LogP contribution in [-0.2, 0) is 4.79 Å². The minimum Gasteiger partial charge on any atom is -0.344 e. The average Bonchev–Trinajstić information content (AvgIpc) is 2.15. The van der Waals surface area contributed by atoms with Crippen molar-refractivity contribution in [2.45, 2.75) is 58.4 Å². The molecular weight excluding hydrogens is 200 g/mol. The Morgan fingerprint density at radius 2 is 1.75 bits per heavy atom. The highest BCUT2D eigenvalue weighted by atomic mass is 16.2. The maximum atomic E-state index is 12.3. The largest absolute Gasteiger partial charge is 0.344 e. The highest BCUT2D eigenvalue weighted by Crippen LogP contribution is 2.28. The molecule has 0 atom stereocenters. The fourth-order valence-electron chi connectivity index (χ4n) is 2.56. The van der Waals surface area contributed by atoms with Crippen LogP contribution in [0.2, 0.25) is 0 Å². The smallest absolute Gasteiger partial charge is 0.242 e. The van der Waals surface area contributed by atoms with E-state index in [0.29, 0.717) is 0 Å². The minimum atomic E-state index is -0.585. The van der Waals surface area contributed by atoms with Gasteiger partial charge in [-0.1, -0.05) is 40.0 Å². The second kappa shape index (κ2) is 4.74. The first-order valence-corrected chi connectivity index (χ1v) is 6.29. The summed E-state index contributed by atoms with van der Waals surface area (Å²) >= 11 is 0. The Balaban J connectivity index is 2.62. The molecule has 0 radical (unpaired) electrons. The topological polar surface area (TPSA) is 46.3 Å². The van der Waals surface area contributed by atoms with E-state index in [4.69, 9.17) is 5.73 Å². The molecule has 1 saturated carbocycles. The molecule has 0 aromatic rings. The molecule has 0 saturated heterocycles. The van der Waals surface area contributed by atoms with Crippen LogP contribution in [0.1, 0.15) is 52.9 Å². The van der Waals surface area contributed by atoms with Crippen LogP contribution in [0.15, 0.2) is 0 Å². The first kappa shape index (κ1) is 13.5. The molecule has 1 aliphatic rings. The molecule has 0 heterocycles. The average molecular weight is 226 g/mol. The lowest BCUT2D eigenvalue weighted by atomic mass is 9.81. The Morgan fingerprint density at radius 3 is 2.19 bits per heavy atom. The summed E-state index contributed by atoms with van der Waals surface area (Å²) in [4.78, 5) is 14.1. The number of rotatable bonds is 2. The number of nitrogens with zero attached hydrogens (tertiary/aromatic N) is 1. The molecule has 1 rings (SSSR count). The van der Waals surface area contributed by atoms with Gasteiger partial charge in [-0.25, -0.2) is 0 Å². The SMILES string of the molecule is CN(CC(C)(C)C)C(=O)C1(N)CCCCC1. The molecule has 1 fully saturated rings. The fourth-order valence-corrected chi connectivity index (χ4v) is 2.56. The van der Waals surface area contributed by atoms with E-state index in [9.17, 15) is 4.79 Å². The van der Waals surface area contributed by atoms with Crippen molar-refractivity contribution in [1.29, 1.82) is 0 Å². The molecule has 1 amide bonds. The molecule has 0 spiro atoms. The number of nitrogens with two attached hydrogens (primary N) is 1. The Kier molecular flexibility index (Phi) is 4.00. The van der Waals surface area contributed by atoms with E-state index in [0.717, 1.165) is 32.2 Å². The van der Waals surface area contributed by atoms with Gasteiger partial charge >= 0.3 is 0 Å². The van der Waals surface area contributed by atoms with Gasteiger partial charge < -0.3 is 10.6 Å². The van der Waals surface area contributed by atoms with Crippen molar-refractivity contribution < 1.29 is 4.79 Å². The lowest BCUT2D eigenvalue weighted by molar-refractivity contribution is -0.138. The standard InChI is InChI=1S/C13H26N2O/c1-12(2,3)10-15(4)11(16)13(14)8-6-5-7-9-13/h5-10,14H2,1-4H3. The molecule has 16 heavy (non-hydrogen) atoms. The molecule has 94 valence electrons. The summed E-state index contributed by atoms with van der Waals surface area (Å²) in [6, 6.07) is 0. The van der Waals surface area contributed by atoms with Gasteiger partial charge in [0.15, 0.2) is 0 Å². The molecule has 0 aromatic carbocycles. The predicted octanol–water partition coefficient (Wildman–Crippen LogP) is 2.15. The lowest BCUT2D eigenvalue weighted by Gasteiger charge is -2.37. The van der Waals surface area contributed by atoms with E-state index in [1.165, 1.54) is 6.42 Å². The molecule has 2 N–H and O–H groups in total. The fraction of sp³-hybridized carbons (Fsp3) is 0.923. The van der Waals surface area contributed by atoms with Gasteiger partial charge in [-0.05, 0) is 18.3 Å². The van der Waals surface area contributed by atoms with E-state index in [1.807, 2.05) is 11.9 Å². The second-order valence-corrected chi connectivity index (χ2v) is 6.44. The predicted molar refractivity (Wildman–Crippen MR) is 67.1 cm³/mol. The molecular formula is C13H26N2O. The maximum absolute atomic E-state index is 12.3. The lowest BCUT2D eigenvalue weighted by Crippen LogP contribution is -2.56. The third kappa shape index (κ3) is 3.48. The van der Waals surface area contributed by atoms with Crippen LogP contribution >= 0.6 is 0 Å². The number of hydrogen-bond donors (Lipinski definition) is 1. The second-order valence-electron chi connectivity index (χ2n) is 6.44. The van der Waals surface area contributed by atoms with Crippen molar-refractivity contribution in [3.05, 3.63) is 0 Å². The van der Waals surface area contributed by atoms with E-state index < -0.39 is 5.54 Å². The van der Waals surface area contributed by atoms with Gasteiger partial charge in [-0.15, -0.1) is 0 Å². The summed E-state index contributed by atoms with van der Waals surface area (Å²) < 4.78 is 0. The summed E-state index contributed by atoms with van der Waals surface area (Å²) in [5.74, 6) is 0.127. The van der Waals surface area contributed by atoms with Crippen molar-refractivity contribution in [2.75, 3.05) is 13.6 Å². The highest BCUT2D eigenvalue weighted by molar-refractivity contribution is 5.86. The van der Waals surface area contributed by atoms with Gasteiger partial charge in [-0.2, -0.15) is 0 Å². The third-order valence-corrected chi connectivity index (χ3v) is 3.23. The van der Waals surface area contributed by atoms with E-state index in [2.05, 4.69) is 20.8 Å². The zero-order valence-electron chi connectivity index (χ0n) is 11.2. The van der Waals surface area contributed by atoms with Gasteiger partial charge in [0.25, 0.3) is 0 Å². The van der Waals surface area contributed by atoms with Crippen molar-refractivity contribution in [3.63, 3.8) is 0 Å². The van der Waals surface area contributed by atoms with Crippen molar-refractivity contribution in [2.24, 2.45) is 11.1 Å². The molecule has 0 bridgehead atoms. The van der Waals surface area contributed by atoms with Crippen LogP contribution in [0.5, 0.6) is 0 Å². The van der Waals surface area contributed by atoms with Crippen LogP contribution in [0.4, 0.5) is 0 Å². The zero-order chi connectivity index (χ0) is 12.4. The minimum absolute atomic E-state index is 0.127. The van der Waals surface area contributed by atoms with Crippen molar-refractivity contribution >= 4 is 5.91 Å². The van der Waals surface area contributed by atoms with Crippen molar-refractivity contribution in [3.8, 4) is 0 Å². The number of amides is 1. The Bertz CT molecular complexity index is 249. The monoisotopic (exact) mass is 226 g/mol. The summed E-state index contributed by atoms with van der Waals surface area (Å²) in [6.45, 7) is 7.19. The third-order valence-electron chi connectivity index (χ3n) is 3.23. The van der Waals surface area contributed by atoms with Crippen LogP contribution in [0.25, 0.3) is 0 Å².